The highest BCUT2D eigenvalue weighted by Crippen LogP contribution is 2.29. The van der Waals surface area contributed by atoms with Gasteiger partial charge in [0.1, 0.15) is 5.82 Å². The highest BCUT2D eigenvalue weighted by atomic mass is 79.9. The van der Waals surface area contributed by atoms with Crippen LogP contribution in [0, 0.1) is 0 Å². The molecule has 0 aliphatic heterocycles. The molecule has 1 heterocycles. The van der Waals surface area contributed by atoms with E-state index in [2.05, 4.69) is 45.3 Å². The molecule has 0 radical (unpaired) electrons. The number of halogens is 2. The van der Waals surface area contributed by atoms with Crippen LogP contribution in [0.3, 0.4) is 0 Å². The maximum atomic E-state index is 6.02. The monoisotopic (exact) mass is 339 g/mol. The molecule has 0 aliphatic rings. The number of nitrogens with two attached hydrogens (primary N) is 1. The van der Waals surface area contributed by atoms with Gasteiger partial charge in [-0.15, -0.1) is 0 Å². The van der Waals surface area contributed by atoms with Crippen LogP contribution >= 0.6 is 27.5 Å². The summed E-state index contributed by atoms with van der Waals surface area (Å²) < 4.78 is 1.03. The Kier molecular flexibility index (Phi) is 4.80. The van der Waals surface area contributed by atoms with Gasteiger partial charge in [0, 0.05) is 16.2 Å². The minimum Gasteiger partial charge on any atom is -0.383 e. The lowest BCUT2D eigenvalue weighted by Crippen LogP contribution is -2.23. The summed E-state index contributed by atoms with van der Waals surface area (Å²) in [5.74, 6) is 0.496. The number of nitrogen functional groups attached to an aromatic ring is 1. The van der Waals surface area contributed by atoms with Crippen molar-refractivity contribution in [3.63, 3.8) is 0 Å². The first-order valence-electron chi connectivity index (χ1n) is 6.01. The Morgan fingerprint density at radius 1 is 1.42 bits per heavy atom. The number of nitrogens with one attached hydrogen (secondary N) is 1. The Morgan fingerprint density at radius 2 is 2.21 bits per heavy atom. The largest absolute Gasteiger partial charge is 0.383 e. The summed E-state index contributed by atoms with van der Waals surface area (Å²) in [5, 5.41) is 4.00. The molecule has 2 aromatic rings. The zero-order chi connectivity index (χ0) is 13.8. The van der Waals surface area contributed by atoms with E-state index >= 15 is 0 Å². The van der Waals surface area contributed by atoms with E-state index in [-0.39, 0.29) is 6.04 Å². The third-order valence-corrected chi connectivity index (χ3v) is 3.52. The lowest BCUT2D eigenvalue weighted by Gasteiger charge is -2.20. The van der Waals surface area contributed by atoms with Gasteiger partial charge in [0.05, 0.1) is 11.1 Å². The van der Waals surface area contributed by atoms with Crippen LogP contribution in [0.5, 0.6) is 0 Å². The number of rotatable bonds is 4. The van der Waals surface area contributed by atoms with Gasteiger partial charge in [-0.2, -0.15) is 0 Å². The van der Waals surface area contributed by atoms with Gasteiger partial charge < -0.3 is 11.1 Å². The fourth-order valence-electron chi connectivity index (χ4n) is 1.99. The van der Waals surface area contributed by atoms with Gasteiger partial charge in [-0.3, -0.25) is 0 Å². The number of aromatic nitrogens is 1. The van der Waals surface area contributed by atoms with Gasteiger partial charge in [0.2, 0.25) is 0 Å². The predicted molar refractivity (Wildman–Crippen MR) is 83.3 cm³/mol. The van der Waals surface area contributed by atoms with Gasteiger partial charge in [-0.25, -0.2) is 4.98 Å². The van der Waals surface area contributed by atoms with Crippen molar-refractivity contribution in [3.8, 4) is 0 Å². The molecule has 0 fully saturated rings. The van der Waals surface area contributed by atoms with Crippen molar-refractivity contribution in [2.24, 2.45) is 0 Å². The molecule has 3 nitrogen and oxygen atoms in total. The van der Waals surface area contributed by atoms with Crippen LogP contribution in [-0.4, -0.2) is 11.5 Å². The van der Waals surface area contributed by atoms with Crippen LogP contribution < -0.4 is 11.1 Å². The maximum absolute atomic E-state index is 6.02. The van der Waals surface area contributed by atoms with Gasteiger partial charge >= 0.3 is 0 Å². The van der Waals surface area contributed by atoms with Crippen molar-refractivity contribution >= 4 is 33.3 Å². The fourth-order valence-corrected chi connectivity index (χ4v) is 2.58. The van der Waals surface area contributed by atoms with Crippen LogP contribution in [0.25, 0.3) is 0 Å². The quantitative estimate of drug-likeness (QED) is 0.890. The van der Waals surface area contributed by atoms with Crippen LogP contribution in [-0.2, 0) is 0 Å². The van der Waals surface area contributed by atoms with Crippen molar-refractivity contribution in [2.75, 3.05) is 12.3 Å². The topological polar surface area (TPSA) is 50.9 Å². The molecule has 1 aromatic carbocycles. The van der Waals surface area contributed by atoms with E-state index in [0.717, 1.165) is 22.1 Å². The van der Waals surface area contributed by atoms with E-state index in [1.807, 2.05) is 18.2 Å². The number of nitrogens with zero attached hydrogens (tertiary/aromatic N) is 1. The van der Waals surface area contributed by atoms with Crippen molar-refractivity contribution in [1.29, 1.82) is 0 Å². The predicted octanol–water partition coefficient (Wildman–Crippen LogP) is 3.78. The number of benzene rings is 1. The first-order chi connectivity index (χ1) is 9.11. The second kappa shape index (κ2) is 6.37. The smallest absolute Gasteiger partial charge is 0.128 e. The molecule has 19 heavy (non-hydrogen) atoms. The summed E-state index contributed by atoms with van der Waals surface area (Å²) in [6.45, 7) is 2.88. The first-order valence-corrected chi connectivity index (χ1v) is 7.18. The van der Waals surface area contributed by atoms with Crippen LogP contribution in [0.1, 0.15) is 24.1 Å². The summed E-state index contributed by atoms with van der Waals surface area (Å²) in [5.41, 5.74) is 7.99. The Bertz CT molecular complexity index is 574. The molecule has 1 unspecified atom stereocenters. The lowest BCUT2D eigenvalue weighted by molar-refractivity contribution is 0.630. The van der Waals surface area contributed by atoms with Crippen LogP contribution in [0.4, 0.5) is 5.82 Å². The zero-order valence-electron chi connectivity index (χ0n) is 10.5. The number of pyridine rings is 1. The summed E-state index contributed by atoms with van der Waals surface area (Å²) in [6, 6.07) is 9.95. The van der Waals surface area contributed by atoms with E-state index in [1.54, 1.807) is 6.20 Å². The molecule has 1 atom stereocenters. The van der Waals surface area contributed by atoms with E-state index < -0.39 is 0 Å². The average molecular weight is 341 g/mol. The van der Waals surface area contributed by atoms with Gasteiger partial charge in [-0.1, -0.05) is 46.6 Å². The molecule has 2 rings (SSSR count). The van der Waals surface area contributed by atoms with E-state index in [1.165, 1.54) is 0 Å². The van der Waals surface area contributed by atoms with Crippen molar-refractivity contribution < 1.29 is 0 Å². The highest BCUT2D eigenvalue weighted by Gasteiger charge is 2.17. The molecule has 1 aromatic heterocycles. The molecule has 0 amide bonds. The third-order valence-electron chi connectivity index (χ3n) is 2.82. The average Bonchev–Trinajstić information content (AvgIpc) is 2.39. The Hall–Kier alpha value is -1.10. The minimum atomic E-state index is -0.0197. The Morgan fingerprint density at radius 3 is 2.89 bits per heavy atom. The van der Waals surface area contributed by atoms with Gasteiger partial charge in [0.15, 0.2) is 0 Å². The number of anilines is 1. The molecular formula is C14H15BrClN3. The molecule has 100 valence electrons. The van der Waals surface area contributed by atoms with Crippen LogP contribution in [0.2, 0.25) is 5.02 Å². The third kappa shape index (κ3) is 3.47. The van der Waals surface area contributed by atoms with Gasteiger partial charge in [-0.05, 0) is 30.3 Å². The van der Waals surface area contributed by atoms with E-state index in [4.69, 9.17) is 17.3 Å². The van der Waals surface area contributed by atoms with Crippen LogP contribution in [0.15, 0.2) is 41.0 Å². The summed E-state index contributed by atoms with van der Waals surface area (Å²) in [4.78, 5) is 4.12. The Labute approximate surface area is 126 Å². The minimum absolute atomic E-state index is 0.0197. The summed E-state index contributed by atoms with van der Waals surface area (Å²) >= 11 is 9.51. The van der Waals surface area contributed by atoms with Crippen molar-refractivity contribution in [2.45, 2.75) is 13.0 Å². The molecule has 5 heteroatoms. The first kappa shape index (κ1) is 14.3. The molecule has 0 bridgehead atoms. The van der Waals surface area contributed by atoms with Gasteiger partial charge in [0.25, 0.3) is 0 Å². The molecule has 0 spiro atoms. The second-order valence-electron chi connectivity index (χ2n) is 4.17. The Balaban J connectivity index is 2.48. The summed E-state index contributed by atoms with van der Waals surface area (Å²) in [7, 11) is 0. The molecule has 3 N–H and O–H groups in total. The molecule has 0 aliphatic carbocycles. The molecular weight excluding hydrogens is 326 g/mol. The maximum Gasteiger partial charge on any atom is 0.128 e. The summed E-state index contributed by atoms with van der Waals surface area (Å²) in [6.07, 6.45) is 1.56. The van der Waals surface area contributed by atoms with E-state index in [0.29, 0.717) is 10.8 Å². The van der Waals surface area contributed by atoms with E-state index in [9.17, 15) is 0 Å². The molecule has 0 saturated heterocycles. The highest BCUT2D eigenvalue weighted by molar-refractivity contribution is 9.10. The van der Waals surface area contributed by atoms with Crippen molar-refractivity contribution in [3.05, 3.63) is 57.2 Å². The van der Waals surface area contributed by atoms with Crippen molar-refractivity contribution in [1.82, 2.24) is 10.3 Å². The standard InChI is InChI=1S/C14H15BrClN3/c1-2-18-13(9-4-3-5-10(15)6-9)12-7-11(16)8-19-14(12)17/h3-8,13,18H,2H2,1H3,(H2,17,19). The zero-order valence-corrected chi connectivity index (χ0v) is 12.9. The lowest BCUT2D eigenvalue weighted by atomic mass is 9.99. The number of hydrogen-bond donors (Lipinski definition) is 2. The number of hydrogen-bond acceptors (Lipinski definition) is 3. The second-order valence-corrected chi connectivity index (χ2v) is 5.53. The fraction of sp³-hybridized carbons (Fsp3) is 0.214. The SMILES string of the molecule is CCNC(c1cccc(Br)c1)c1cc(Cl)cnc1N. The normalized spacial score (nSPS) is 12.4. The molecule has 0 saturated carbocycles.